The molecule has 0 aliphatic rings. The van der Waals surface area contributed by atoms with Gasteiger partial charge in [-0.05, 0) is 41.1 Å². The van der Waals surface area contributed by atoms with E-state index >= 15 is 0 Å². The Morgan fingerprint density at radius 1 is 1.35 bits per heavy atom. The molecule has 2 aromatic rings. The predicted octanol–water partition coefficient (Wildman–Crippen LogP) is 3.48. The largest absolute Gasteiger partial charge is 0.486 e. The number of ether oxygens (including phenoxy) is 1. The van der Waals surface area contributed by atoms with Gasteiger partial charge in [0.1, 0.15) is 12.4 Å². The molecular formula is C13H15IN2O. The summed E-state index contributed by atoms with van der Waals surface area (Å²) in [4.78, 5) is 4.16. The predicted molar refractivity (Wildman–Crippen MR) is 76.0 cm³/mol. The molecule has 0 spiro atoms. The average molecular weight is 342 g/mol. The minimum Gasteiger partial charge on any atom is -0.486 e. The second-order valence-corrected chi connectivity index (χ2v) is 4.96. The molecule has 0 unspecified atom stereocenters. The molecule has 0 saturated heterocycles. The Labute approximate surface area is 115 Å². The number of hydrogen-bond donors (Lipinski definition) is 0. The Bertz CT molecular complexity index is 482. The minimum absolute atomic E-state index is 0.569. The Balaban J connectivity index is 2.02. The SMILES string of the molecule is CCCn1cncc1COc1ccccc1I. The van der Waals surface area contributed by atoms with Crippen LogP contribution in [0.4, 0.5) is 0 Å². The van der Waals surface area contributed by atoms with E-state index < -0.39 is 0 Å². The van der Waals surface area contributed by atoms with Gasteiger partial charge in [-0.3, -0.25) is 0 Å². The van der Waals surface area contributed by atoms with Crippen molar-refractivity contribution in [1.82, 2.24) is 9.55 Å². The van der Waals surface area contributed by atoms with Gasteiger partial charge in [0, 0.05) is 6.54 Å². The minimum atomic E-state index is 0.569. The summed E-state index contributed by atoms with van der Waals surface area (Å²) in [6, 6.07) is 8.03. The van der Waals surface area contributed by atoms with E-state index in [4.69, 9.17) is 4.74 Å². The third-order valence-electron chi connectivity index (χ3n) is 2.48. The summed E-state index contributed by atoms with van der Waals surface area (Å²) < 4.78 is 9.07. The Morgan fingerprint density at radius 3 is 2.94 bits per heavy atom. The van der Waals surface area contributed by atoms with Crippen molar-refractivity contribution >= 4 is 22.6 Å². The van der Waals surface area contributed by atoms with Crippen molar-refractivity contribution in [1.29, 1.82) is 0 Å². The van der Waals surface area contributed by atoms with Gasteiger partial charge in [0.15, 0.2) is 0 Å². The van der Waals surface area contributed by atoms with E-state index in [-0.39, 0.29) is 0 Å². The Hall–Kier alpha value is -1.04. The summed E-state index contributed by atoms with van der Waals surface area (Å²) >= 11 is 2.28. The Morgan fingerprint density at radius 2 is 2.18 bits per heavy atom. The third-order valence-corrected chi connectivity index (χ3v) is 3.37. The van der Waals surface area contributed by atoms with Gasteiger partial charge in [0.25, 0.3) is 0 Å². The van der Waals surface area contributed by atoms with Crippen LogP contribution in [0.15, 0.2) is 36.8 Å². The van der Waals surface area contributed by atoms with Gasteiger partial charge in [-0.1, -0.05) is 19.1 Å². The first-order valence-corrected chi connectivity index (χ1v) is 6.75. The molecular weight excluding hydrogens is 327 g/mol. The number of para-hydroxylation sites is 1. The van der Waals surface area contributed by atoms with E-state index in [1.165, 1.54) is 0 Å². The van der Waals surface area contributed by atoms with Crippen LogP contribution in [0.25, 0.3) is 0 Å². The lowest BCUT2D eigenvalue weighted by molar-refractivity contribution is 0.292. The van der Waals surface area contributed by atoms with Crippen LogP contribution >= 0.6 is 22.6 Å². The number of rotatable bonds is 5. The number of benzene rings is 1. The van der Waals surface area contributed by atoms with Gasteiger partial charge in [-0.25, -0.2) is 4.98 Å². The van der Waals surface area contributed by atoms with Crippen molar-refractivity contribution < 1.29 is 4.74 Å². The molecule has 0 fully saturated rings. The highest BCUT2D eigenvalue weighted by atomic mass is 127. The zero-order valence-corrected chi connectivity index (χ0v) is 11.9. The van der Waals surface area contributed by atoms with Gasteiger partial charge in [0.2, 0.25) is 0 Å². The molecule has 0 amide bonds. The third kappa shape index (κ3) is 3.21. The van der Waals surface area contributed by atoms with E-state index in [9.17, 15) is 0 Å². The van der Waals surface area contributed by atoms with E-state index in [2.05, 4.69) is 39.1 Å². The van der Waals surface area contributed by atoms with Crippen molar-refractivity contribution in [3.63, 3.8) is 0 Å². The zero-order valence-electron chi connectivity index (χ0n) is 9.77. The summed E-state index contributed by atoms with van der Waals surface area (Å²) in [6.45, 7) is 3.72. The molecule has 1 aromatic heterocycles. The lowest BCUT2D eigenvalue weighted by atomic mass is 10.3. The highest BCUT2D eigenvalue weighted by molar-refractivity contribution is 14.1. The van der Waals surface area contributed by atoms with Gasteiger partial charge in [-0.15, -0.1) is 0 Å². The molecule has 1 heterocycles. The first-order chi connectivity index (χ1) is 8.31. The second kappa shape index (κ2) is 6.05. The van der Waals surface area contributed by atoms with Crippen LogP contribution < -0.4 is 4.74 Å². The van der Waals surface area contributed by atoms with Crippen molar-refractivity contribution in [2.75, 3.05) is 0 Å². The van der Waals surface area contributed by atoms with Crippen molar-refractivity contribution in [2.24, 2.45) is 0 Å². The summed E-state index contributed by atoms with van der Waals surface area (Å²) in [7, 11) is 0. The summed E-state index contributed by atoms with van der Waals surface area (Å²) in [6.07, 6.45) is 4.83. The van der Waals surface area contributed by atoms with E-state index in [0.29, 0.717) is 6.61 Å². The quantitative estimate of drug-likeness (QED) is 0.778. The van der Waals surface area contributed by atoms with Crippen molar-refractivity contribution in [2.45, 2.75) is 26.5 Å². The number of aromatic nitrogens is 2. The molecule has 0 N–H and O–H groups in total. The highest BCUT2D eigenvalue weighted by Crippen LogP contribution is 2.20. The first kappa shape index (κ1) is 12.4. The van der Waals surface area contributed by atoms with Crippen LogP contribution in [0.5, 0.6) is 5.75 Å². The molecule has 17 heavy (non-hydrogen) atoms. The number of halogens is 1. The molecule has 0 aliphatic carbocycles. The van der Waals surface area contributed by atoms with Gasteiger partial charge < -0.3 is 9.30 Å². The molecule has 90 valence electrons. The van der Waals surface area contributed by atoms with Gasteiger partial charge in [0.05, 0.1) is 21.8 Å². The smallest absolute Gasteiger partial charge is 0.133 e. The first-order valence-electron chi connectivity index (χ1n) is 5.67. The molecule has 4 heteroatoms. The molecule has 0 bridgehead atoms. The van der Waals surface area contributed by atoms with Gasteiger partial charge in [-0.2, -0.15) is 0 Å². The van der Waals surface area contributed by atoms with Crippen LogP contribution in [0, 0.1) is 3.57 Å². The lowest BCUT2D eigenvalue weighted by Crippen LogP contribution is -2.05. The number of nitrogens with zero attached hydrogens (tertiary/aromatic N) is 2. The van der Waals surface area contributed by atoms with E-state index in [1.54, 1.807) is 0 Å². The summed E-state index contributed by atoms with van der Waals surface area (Å²) in [5.41, 5.74) is 1.12. The normalized spacial score (nSPS) is 10.5. The van der Waals surface area contributed by atoms with Crippen molar-refractivity contribution in [3.05, 3.63) is 46.1 Å². The van der Waals surface area contributed by atoms with Crippen LogP contribution in [0.3, 0.4) is 0 Å². The van der Waals surface area contributed by atoms with Crippen LogP contribution in [-0.4, -0.2) is 9.55 Å². The molecule has 0 atom stereocenters. The maximum absolute atomic E-state index is 5.80. The number of hydrogen-bond acceptors (Lipinski definition) is 2. The molecule has 3 nitrogen and oxygen atoms in total. The fourth-order valence-electron chi connectivity index (χ4n) is 1.62. The average Bonchev–Trinajstić information content (AvgIpc) is 2.76. The second-order valence-electron chi connectivity index (χ2n) is 3.80. The Kier molecular flexibility index (Phi) is 4.42. The number of aryl methyl sites for hydroxylation is 1. The van der Waals surface area contributed by atoms with Gasteiger partial charge >= 0.3 is 0 Å². The lowest BCUT2D eigenvalue weighted by Gasteiger charge is -2.09. The fourth-order valence-corrected chi connectivity index (χ4v) is 2.17. The number of imidazole rings is 1. The standard InChI is InChI=1S/C13H15IN2O/c1-2-7-16-10-15-8-11(16)9-17-13-6-4-3-5-12(13)14/h3-6,8,10H,2,7,9H2,1H3. The molecule has 0 radical (unpaired) electrons. The maximum atomic E-state index is 5.80. The van der Waals surface area contributed by atoms with Crippen LogP contribution in [0.1, 0.15) is 19.0 Å². The topological polar surface area (TPSA) is 27.1 Å². The van der Waals surface area contributed by atoms with Crippen molar-refractivity contribution in [3.8, 4) is 5.75 Å². The molecule has 1 aromatic carbocycles. The molecule has 2 rings (SSSR count). The van der Waals surface area contributed by atoms with E-state index in [0.717, 1.165) is 28.0 Å². The molecule has 0 saturated carbocycles. The van der Waals surface area contributed by atoms with E-state index in [1.807, 2.05) is 36.8 Å². The summed E-state index contributed by atoms with van der Waals surface area (Å²) in [5.74, 6) is 0.928. The summed E-state index contributed by atoms with van der Waals surface area (Å²) in [5, 5.41) is 0. The van der Waals surface area contributed by atoms with Crippen LogP contribution in [0.2, 0.25) is 0 Å². The maximum Gasteiger partial charge on any atom is 0.133 e. The zero-order chi connectivity index (χ0) is 12.1. The monoisotopic (exact) mass is 342 g/mol. The fraction of sp³-hybridized carbons (Fsp3) is 0.308. The molecule has 0 aliphatic heterocycles. The highest BCUT2D eigenvalue weighted by Gasteiger charge is 2.04. The van der Waals surface area contributed by atoms with Crippen LogP contribution in [-0.2, 0) is 13.2 Å².